The van der Waals surface area contributed by atoms with Gasteiger partial charge in [-0.2, -0.15) is 0 Å². The van der Waals surface area contributed by atoms with E-state index in [1.54, 1.807) is 31.2 Å². The van der Waals surface area contributed by atoms with Crippen LogP contribution in [0.4, 0.5) is 11.6 Å². The zero-order valence-corrected chi connectivity index (χ0v) is 12.7. The summed E-state index contributed by atoms with van der Waals surface area (Å²) in [6, 6.07) is 8.23. The van der Waals surface area contributed by atoms with Crippen molar-refractivity contribution in [3.05, 3.63) is 51.9 Å². The molecular weight excluding hydrogens is 282 g/mol. The van der Waals surface area contributed by atoms with Crippen molar-refractivity contribution in [2.24, 2.45) is 0 Å². The number of aromatic nitrogens is 2. The maximum absolute atomic E-state index is 11.8. The molecule has 0 aliphatic rings. The highest BCUT2D eigenvalue weighted by molar-refractivity contribution is 5.89. The molecule has 2 rings (SSSR count). The summed E-state index contributed by atoms with van der Waals surface area (Å²) < 4.78 is 5.14. The fourth-order valence-corrected chi connectivity index (χ4v) is 1.86. The summed E-state index contributed by atoms with van der Waals surface area (Å²) in [6.45, 7) is 4.22. The Hall–Kier alpha value is -2.63. The molecule has 0 atom stereocenters. The summed E-state index contributed by atoms with van der Waals surface area (Å²) in [5, 5.41) is 2.99. The van der Waals surface area contributed by atoms with Crippen molar-refractivity contribution in [2.75, 3.05) is 11.9 Å². The minimum atomic E-state index is -0.331. The number of carbonyl (C=O) groups is 1. The summed E-state index contributed by atoms with van der Waals surface area (Å²) in [4.78, 5) is 29.9. The Morgan fingerprint density at radius 2 is 2.05 bits per heavy atom. The third kappa shape index (κ3) is 4.44. The number of aryl methyl sites for hydroxylation is 1. The topological polar surface area (TPSA) is 84.1 Å². The highest BCUT2D eigenvalue weighted by Gasteiger charge is 2.07. The number of hydrogen-bond acceptors (Lipinski definition) is 5. The van der Waals surface area contributed by atoms with E-state index in [0.29, 0.717) is 23.8 Å². The van der Waals surface area contributed by atoms with Gasteiger partial charge in [-0.1, -0.05) is 13.3 Å². The lowest BCUT2D eigenvalue weighted by molar-refractivity contribution is 0.0500. The van der Waals surface area contributed by atoms with E-state index in [1.807, 2.05) is 6.92 Å². The fourth-order valence-electron chi connectivity index (χ4n) is 1.86. The fraction of sp³-hybridized carbons (Fsp3) is 0.312. The van der Waals surface area contributed by atoms with Crippen LogP contribution in [0.25, 0.3) is 0 Å². The number of hydrogen-bond donors (Lipinski definition) is 2. The molecule has 116 valence electrons. The highest BCUT2D eigenvalue weighted by Crippen LogP contribution is 2.14. The van der Waals surface area contributed by atoms with Gasteiger partial charge in [0.05, 0.1) is 12.2 Å². The molecule has 6 heteroatoms. The first-order chi connectivity index (χ1) is 10.6. The lowest BCUT2D eigenvalue weighted by Gasteiger charge is -2.07. The van der Waals surface area contributed by atoms with Crippen molar-refractivity contribution >= 4 is 17.6 Å². The molecule has 0 radical (unpaired) electrons. The number of rotatable bonds is 6. The Balaban J connectivity index is 2.02. The van der Waals surface area contributed by atoms with Gasteiger partial charge in [-0.25, -0.2) is 9.78 Å². The van der Waals surface area contributed by atoms with E-state index < -0.39 is 0 Å². The van der Waals surface area contributed by atoms with Crippen LogP contribution in [0.1, 0.15) is 35.8 Å². The number of aromatic amines is 1. The number of benzene rings is 1. The molecule has 22 heavy (non-hydrogen) atoms. The van der Waals surface area contributed by atoms with Crippen molar-refractivity contribution in [3.8, 4) is 0 Å². The van der Waals surface area contributed by atoms with E-state index in [0.717, 1.165) is 18.5 Å². The van der Waals surface area contributed by atoms with Crippen LogP contribution in [-0.4, -0.2) is 22.5 Å². The molecule has 1 heterocycles. The van der Waals surface area contributed by atoms with Crippen LogP contribution >= 0.6 is 0 Å². The molecule has 2 aromatic rings. The Morgan fingerprint density at radius 1 is 1.32 bits per heavy atom. The third-order valence-corrected chi connectivity index (χ3v) is 2.98. The van der Waals surface area contributed by atoms with Gasteiger partial charge in [0.25, 0.3) is 5.56 Å². The van der Waals surface area contributed by atoms with E-state index in [2.05, 4.69) is 15.3 Å². The largest absolute Gasteiger partial charge is 0.462 e. The average Bonchev–Trinajstić information content (AvgIpc) is 2.47. The average molecular weight is 301 g/mol. The normalized spacial score (nSPS) is 10.3. The predicted octanol–water partition coefficient (Wildman–Crippen LogP) is 2.78. The molecule has 0 aliphatic carbocycles. The van der Waals surface area contributed by atoms with Crippen LogP contribution in [0.5, 0.6) is 0 Å². The van der Waals surface area contributed by atoms with Crippen LogP contribution in [0.3, 0.4) is 0 Å². The number of ether oxygens (including phenoxy) is 1. The molecule has 1 aromatic heterocycles. The quantitative estimate of drug-likeness (QED) is 0.633. The molecule has 0 saturated heterocycles. The second kappa shape index (κ2) is 7.40. The van der Waals surface area contributed by atoms with Gasteiger partial charge in [0.1, 0.15) is 0 Å². The number of nitrogens with zero attached hydrogens (tertiary/aromatic N) is 1. The summed E-state index contributed by atoms with van der Waals surface area (Å²) in [5.41, 5.74) is 1.62. The smallest absolute Gasteiger partial charge is 0.338 e. The molecule has 0 saturated carbocycles. The first-order valence-corrected chi connectivity index (χ1v) is 7.20. The highest BCUT2D eigenvalue weighted by atomic mass is 16.5. The van der Waals surface area contributed by atoms with Crippen molar-refractivity contribution in [1.29, 1.82) is 0 Å². The first-order valence-electron chi connectivity index (χ1n) is 7.20. The maximum atomic E-state index is 11.8. The number of carbonyl (C=O) groups excluding carboxylic acids is 1. The first kappa shape index (κ1) is 15.8. The van der Waals surface area contributed by atoms with Crippen LogP contribution in [0.15, 0.2) is 35.1 Å². The number of anilines is 2. The van der Waals surface area contributed by atoms with Gasteiger partial charge in [0.15, 0.2) is 0 Å². The van der Waals surface area contributed by atoms with E-state index in [9.17, 15) is 9.59 Å². The zero-order chi connectivity index (χ0) is 15.9. The summed E-state index contributed by atoms with van der Waals surface area (Å²) in [5.74, 6) is 0.0327. The van der Waals surface area contributed by atoms with Crippen molar-refractivity contribution in [1.82, 2.24) is 9.97 Å². The van der Waals surface area contributed by atoms with E-state index in [1.165, 1.54) is 6.07 Å². The Morgan fingerprint density at radius 3 is 2.68 bits per heavy atom. The molecule has 0 spiro atoms. The van der Waals surface area contributed by atoms with Gasteiger partial charge >= 0.3 is 5.97 Å². The minimum absolute atomic E-state index is 0.217. The van der Waals surface area contributed by atoms with Crippen LogP contribution in [0, 0.1) is 6.92 Å². The summed E-state index contributed by atoms with van der Waals surface area (Å²) in [7, 11) is 0. The molecule has 2 N–H and O–H groups in total. The van der Waals surface area contributed by atoms with Gasteiger partial charge in [0, 0.05) is 17.4 Å². The molecule has 0 aliphatic heterocycles. The second-order valence-corrected chi connectivity index (χ2v) is 4.93. The molecular formula is C16H19N3O3. The monoisotopic (exact) mass is 301 g/mol. The standard InChI is InChI=1S/C16H19N3O3/c1-3-4-9-22-15(21)12-5-7-13(8-6-12)18-16-17-11(2)10-14(20)19-16/h5-8,10H,3-4,9H2,1-2H3,(H2,17,18,19,20). The Labute approximate surface area is 128 Å². The van der Waals surface area contributed by atoms with Crippen LogP contribution in [-0.2, 0) is 4.74 Å². The van der Waals surface area contributed by atoms with E-state index in [4.69, 9.17) is 4.74 Å². The SMILES string of the molecule is CCCCOC(=O)c1ccc(Nc2nc(C)cc(=O)[nH]2)cc1. The second-order valence-electron chi connectivity index (χ2n) is 4.93. The van der Waals surface area contributed by atoms with Crippen LogP contribution in [0.2, 0.25) is 0 Å². The van der Waals surface area contributed by atoms with Gasteiger partial charge in [-0.05, 0) is 37.6 Å². The van der Waals surface area contributed by atoms with Crippen molar-refractivity contribution in [2.45, 2.75) is 26.7 Å². The number of esters is 1. The van der Waals surface area contributed by atoms with Crippen molar-refractivity contribution in [3.63, 3.8) is 0 Å². The third-order valence-electron chi connectivity index (χ3n) is 2.98. The Bertz CT molecular complexity index is 693. The van der Waals surface area contributed by atoms with E-state index in [-0.39, 0.29) is 11.5 Å². The van der Waals surface area contributed by atoms with Gasteiger partial charge in [-0.15, -0.1) is 0 Å². The van der Waals surface area contributed by atoms with Crippen molar-refractivity contribution < 1.29 is 9.53 Å². The lowest BCUT2D eigenvalue weighted by atomic mass is 10.2. The Kier molecular flexibility index (Phi) is 5.30. The van der Waals surface area contributed by atoms with Gasteiger partial charge in [0.2, 0.25) is 5.95 Å². The molecule has 1 aromatic carbocycles. The molecule has 0 unspecified atom stereocenters. The van der Waals surface area contributed by atoms with Gasteiger partial charge in [-0.3, -0.25) is 9.78 Å². The van der Waals surface area contributed by atoms with Gasteiger partial charge < -0.3 is 10.1 Å². The number of H-pyrrole nitrogens is 1. The number of nitrogens with one attached hydrogen (secondary N) is 2. The van der Waals surface area contributed by atoms with E-state index >= 15 is 0 Å². The molecule has 0 bridgehead atoms. The zero-order valence-electron chi connectivity index (χ0n) is 12.7. The summed E-state index contributed by atoms with van der Waals surface area (Å²) in [6.07, 6.45) is 1.84. The predicted molar refractivity (Wildman–Crippen MR) is 84.5 cm³/mol. The molecule has 0 fully saturated rings. The lowest BCUT2D eigenvalue weighted by Crippen LogP contribution is -2.10. The molecule has 0 amide bonds. The molecule has 6 nitrogen and oxygen atoms in total. The number of unbranched alkanes of at least 4 members (excludes halogenated alkanes) is 1. The van der Waals surface area contributed by atoms with Crippen LogP contribution < -0.4 is 10.9 Å². The maximum Gasteiger partial charge on any atom is 0.338 e. The minimum Gasteiger partial charge on any atom is -0.462 e. The summed E-state index contributed by atoms with van der Waals surface area (Å²) >= 11 is 0.